The number of halogens is 1. The van der Waals surface area contributed by atoms with Gasteiger partial charge in [0.2, 0.25) is 5.91 Å². The highest BCUT2D eigenvalue weighted by Crippen LogP contribution is 2.29. The van der Waals surface area contributed by atoms with E-state index in [9.17, 15) is 14.7 Å². The van der Waals surface area contributed by atoms with E-state index in [0.717, 1.165) is 10.9 Å². The standard InChI is InChI=1S/C23H24ClN5O3/c24-20-12-19-16(13-26-20)6-7-22(27-19)29(14-21(25)30)17-8-9-28(23(31)32)18(11-17)10-15-4-2-1-3-5-15/h1-7,12-13,17-18H,8-11,14H2,(H2,25,30)(H,31,32). The van der Waals surface area contributed by atoms with Crippen molar-refractivity contribution in [2.45, 2.75) is 31.3 Å². The van der Waals surface area contributed by atoms with Gasteiger partial charge in [-0.2, -0.15) is 0 Å². The number of anilines is 1. The average Bonchev–Trinajstić information content (AvgIpc) is 2.77. The van der Waals surface area contributed by atoms with Crippen LogP contribution in [0.25, 0.3) is 10.9 Å². The molecule has 1 saturated heterocycles. The largest absolute Gasteiger partial charge is 0.465 e. The van der Waals surface area contributed by atoms with Crippen molar-refractivity contribution in [3.05, 3.63) is 65.4 Å². The minimum Gasteiger partial charge on any atom is -0.465 e. The van der Waals surface area contributed by atoms with Crippen molar-refractivity contribution >= 4 is 40.3 Å². The molecule has 32 heavy (non-hydrogen) atoms. The van der Waals surface area contributed by atoms with Gasteiger partial charge >= 0.3 is 6.09 Å². The fourth-order valence-corrected chi connectivity index (χ4v) is 4.50. The number of rotatable bonds is 6. The molecule has 0 saturated carbocycles. The summed E-state index contributed by atoms with van der Waals surface area (Å²) in [6.45, 7) is 0.364. The molecule has 0 radical (unpaired) electrons. The molecular formula is C23H24ClN5O3. The lowest BCUT2D eigenvalue weighted by Crippen LogP contribution is -2.54. The molecule has 2 amide bonds. The first-order chi connectivity index (χ1) is 15.4. The zero-order chi connectivity index (χ0) is 22.7. The summed E-state index contributed by atoms with van der Waals surface area (Å²) in [7, 11) is 0. The zero-order valence-electron chi connectivity index (χ0n) is 17.4. The molecule has 1 aromatic carbocycles. The van der Waals surface area contributed by atoms with Gasteiger partial charge in [0, 0.05) is 36.3 Å². The Morgan fingerprint density at radius 1 is 1.22 bits per heavy atom. The van der Waals surface area contributed by atoms with Crippen LogP contribution in [0.2, 0.25) is 5.15 Å². The SMILES string of the molecule is NC(=O)CN(c1ccc2cnc(Cl)cc2n1)C1CCN(C(=O)O)C(Cc2ccccc2)C1. The molecule has 0 spiro atoms. The second kappa shape index (κ2) is 9.40. The number of aromatic nitrogens is 2. The maximum atomic E-state index is 11.9. The van der Waals surface area contributed by atoms with Crippen LogP contribution in [0.4, 0.5) is 10.6 Å². The molecule has 9 heteroatoms. The lowest BCUT2D eigenvalue weighted by molar-refractivity contribution is -0.116. The normalized spacial score (nSPS) is 18.5. The Hall–Kier alpha value is -3.39. The summed E-state index contributed by atoms with van der Waals surface area (Å²) in [5, 5.41) is 10.9. The van der Waals surface area contributed by atoms with Crippen molar-refractivity contribution in [2.24, 2.45) is 5.73 Å². The van der Waals surface area contributed by atoms with Crippen LogP contribution < -0.4 is 10.6 Å². The molecule has 1 aliphatic rings. The van der Waals surface area contributed by atoms with E-state index in [4.69, 9.17) is 22.3 Å². The van der Waals surface area contributed by atoms with Crippen molar-refractivity contribution < 1.29 is 14.7 Å². The van der Waals surface area contributed by atoms with Gasteiger partial charge in [0.15, 0.2) is 0 Å². The molecule has 3 aromatic rings. The zero-order valence-corrected chi connectivity index (χ0v) is 18.2. The number of nitrogens with two attached hydrogens (primary N) is 1. The molecular weight excluding hydrogens is 430 g/mol. The molecule has 3 N–H and O–H groups in total. The quantitative estimate of drug-likeness (QED) is 0.553. The maximum Gasteiger partial charge on any atom is 0.407 e. The van der Waals surface area contributed by atoms with Gasteiger partial charge in [-0.3, -0.25) is 4.79 Å². The summed E-state index contributed by atoms with van der Waals surface area (Å²) >= 11 is 6.03. The van der Waals surface area contributed by atoms with E-state index in [0.29, 0.717) is 42.3 Å². The van der Waals surface area contributed by atoms with Gasteiger partial charge in [-0.05, 0) is 37.0 Å². The van der Waals surface area contributed by atoms with E-state index in [1.165, 1.54) is 4.90 Å². The fraction of sp³-hybridized carbons (Fsp3) is 0.304. The van der Waals surface area contributed by atoms with Crippen LogP contribution in [0.3, 0.4) is 0 Å². The Labute approximate surface area is 190 Å². The first-order valence-corrected chi connectivity index (χ1v) is 10.8. The lowest BCUT2D eigenvalue weighted by atomic mass is 9.91. The van der Waals surface area contributed by atoms with Crippen LogP contribution in [0.1, 0.15) is 18.4 Å². The number of hydrogen-bond acceptors (Lipinski definition) is 5. The number of nitrogens with zero attached hydrogens (tertiary/aromatic N) is 4. The first-order valence-electron chi connectivity index (χ1n) is 10.4. The second-order valence-corrected chi connectivity index (χ2v) is 8.35. The van der Waals surface area contributed by atoms with E-state index in [1.54, 1.807) is 12.3 Å². The van der Waals surface area contributed by atoms with Crippen LogP contribution in [0.5, 0.6) is 0 Å². The molecule has 0 bridgehead atoms. The number of carboxylic acid groups (broad SMARTS) is 1. The molecule has 1 aliphatic heterocycles. The van der Waals surface area contributed by atoms with Crippen LogP contribution >= 0.6 is 11.6 Å². The maximum absolute atomic E-state index is 11.9. The third-order valence-corrected chi connectivity index (χ3v) is 6.04. The van der Waals surface area contributed by atoms with Crippen LogP contribution in [-0.4, -0.2) is 57.1 Å². The van der Waals surface area contributed by atoms with Crippen LogP contribution in [0.15, 0.2) is 54.7 Å². The summed E-state index contributed by atoms with van der Waals surface area (Å²) < 4.78 is 0. The van der Waals surface area contributed by atoms with Gasteiger partial charge in [0.05, 0.1) is 12.1 Å². The number of piperidine rings is 1. The van der Waals surface area contributed by atoms with E-state index in [1.807, 2.05) is 47.4 Å². The number of hydrogen-bond donors (Lipinski definition) is 2. The lowest BCUT2D eigenvalue weighted by Gasteiger charge is -2.42. The van der Waals surface area contributed by atoms with Gasteiger partial charge in [-0.25, -0.2) is 14.8 Å². The summed E-state index contributed by atoms with van der Waals surface area (Å²) in [6.07, 6.45) is 2.44. The number of fused-ring (bicyclic) bond motifs is 1. The number of likely N-dealkylation sites (tertiary alicyclic amines) is 1. The van der Waals surface area contributed by atoms with Crippen LogP contribution in [0, 0.1) is 0 Å². The van der Waals surface area contributed by atoms with Gasteiger partial charge in [0.25, 0.3) is 0 Å². The topological polar surface area (TPSA) is 113 Å². The predicted octanol–water partition coefficient (Wildman–Crippen LogP) is 3.33. The Balaban J connectivity index is 1.64. The van der Waals surface area contributed by atoms with E-state index >= 15 is 0 Å². The van der Waals surface area contributed by atoms with Gasteiger partial charge in [-0.15, -0.1) is 0 Å². The number of benzene rings is 1. The molecule has 1 fully saturated rings. The number of primary amides is 1. The molecule has 166 valence electrons. The number of carbonyl (C=O) groups excluding carboxylic acids is 1. The van der Waals surface area contributed by atoms with Crippen molar-refractivity contribution in [2.75, 3.05) is 18.0 Å². The van der Waals surface area contributed by atoms with Gasteiger partial charge in [-0.1, -0.05) is 41.9 Å². The average molecular weight is 454 g/mol. The van der Waals surface area contributed by atoms with Crippen LogP contribution in [-0.2, 0) is 11.2 Å². The number of amides is 2. The summed E-state index contributed by atoms with van der Waals surface area (Å²) in [5.74, 6) is 0.130. The van der Waals surface area contributed by atoms with E-state index in [-0.39, 0.29) is 18.6 Å². The molecule has 8 nitrogen and oxygen atoms in total. The minimum absolute atomic E-state index is 0.00683. The van der Waals surface area contributed by atoms with Crippen molar-refractivity contribution in [3.8, 4) is 0 Å². The molecule has 2 unspecified atom stereocenters. The van der Waals surface area contributed by atoms with Crippen molar-refractivity contribution in [1.82, 2.24) is 14.9 Å². The van der Waals surface area contributed by atoms with Gasteiger partial charge < -0.3 is 20.6 Å². The van der Waals surface area contributed by atoms with Crippen molar-refractivity contribution in [1.29, 1.82) is 0 Å². The van der Waals surface area contributed by atoms with Gasteiger partial charge in [0.1, 0.15) is 11.0 Å². The molecule has 0 aliphatic carbocycles. The Morgan fingerprint density at radius 2 is 2.00 bits per heavy atom. The number of pyridine rings is 2. The minimum atomic E-state index is -0.934. The summed E-state index contributed by atoms with van der Waals surface area (Å²) in [4.78, 5) is 35.9. The summed E-state index contributed by atoms with van der Waals surface area (Å²) in [5.41, 5.74) is 7.30. The fourth-order valence-electron chi connectivity index (χ4n) is 4.35. The third kappa shape index (κ3) is 4.91. The highest BCUT2D eigenvalue weighted by Gasteiger charge is 2.35. The number of carbonyl (C=O) groups is 2. The smallest absolute Gasteiger partial charge is 0.407 e. The molecule has 2 atom stereocenters. The third-order valence-electron chi connectivity index (χ3n) is 5.83. The predicted molar refractivity (Wildman–Crippen MR) is 123 cm³/mol. The molecule has 4 rings (SSSR count). The summed E-state index contributed by atoms with van der Waals surface area (Å²) in [6, 6.07) is 14.9. The van der Waals surface area contributed by atoms with Crippen molar-refractivity contribution in [3.63, 3.8) is 0 Å². The van der Waals surface area contributed by atoms with E-state index < -0.39 is 12.0 Å². The first kappa shape index (κ1) is 21.8. The highest BCUT2D eigenvalue weighted by atomic mass is 35.5. The second-order valence-electron chi connectivity index (χ2n) is 7.96. The van der Waals surface area contributed by atoms with E-state index in [2.05, 4.69) is 4.98 Å². The Kier molecular flexibility index (Phi) is 6.41. The molecule has 3 heterocycles. The highest BCUT2D eigenvalue weighted by molar-refractivity contribution is 6.30. The monoisotopic (exact) mass is 453 g/mol. The Bertz CT molecular complexity index is 1130. The Morgan fingerprint density at radius 3 is 2.72 bits per heavy atom. The molecule has 2 aromatic heterocycles.